The molecule has 3 aromatic rings. The fourth-order valence-electron chi connectivity index (χ4n) is 2.36. The van der Waals surface area contributed by atoms with Crippen LogP contribution in [0.2, 0.25) is 0 Å². The standard InChI is InChI=1S/C16H18N4/c1-20-9-7-15(19-20)6-8-17-11-14-12-18-10-13-4-2-3-5-16(13)14/h2-5,7,9-10,12,17H,6,8,11H2,1H3. The van der Waals surface area contributed by atoms with Gasteiger partial charge < -0.3 is 5.32 Å². The molecule has 2 aromatic heterocycles. The number of pyridine rings is 1. The number of fused-ring (bicyclic) bond motifs is 1. The third-order valence-electron chi connectivity index (χ3n) is 3.39. The van der Waals surface area contributed by atoms with Crippen LogP contribution < -0.4 is 5.32 Å². The molecule has 3 rings (SSSR count). The second-order valence-corrected chi connectivity index (χ2v) is 4.93. The van der Waals surface area contributed by atoms with Crippen LogP contribution in [0.1, 0.15) is 11.3 Å². The third-order valence-corrected chi connectivity index (χ3v) is 3.39. The number of benzene rings is 1. The van der Waals surface area contributed by atoms with Crippen LogP contribution in [0.4, 0.5) is 0 Å². The summed E-state index contributed by atoms with van der Waals surface area (Å²) in [4.78, 5) is 4.30. The molecule has 0 bridgehead atoms. The normalized spacial score (nSPS) is 11.1. The molecule has 102 valence electrons. The summed E-state index contributed by atoms with van der Waals surface area (Å²) in [5.41, 5.74) is 2.36. The lowest BCUT2D eigenvalue weighted by Crippen LogP contribution is -2.17. The Morgan fingerprint density at radius 2 is 2.05 bits per heavy atom. The lowest BCUT2D eigenvalue weighted by molar-refractivity contribution is 0.666. The zero-order valence-electron chi connectivity index (χ0n) is 11.6. The molecule has 0 aliphatic carbocycles. The van der Waals surface area contributed by atoms with Crippen molar-refractivity contribution >= 4 is 10.8 Å². The van der Waals surface area contributed by atoms with Crippen LogP contribution in [-0.2, 0) is 20.0 Å². The first-order valence-corrected chi connectivity index (χ1v) is 6.84. The van der Waals surface area contributed by atoms with Crippen molar-refractivity contribution in [3.05, 3.63) is 60.2 Å². The number of hydrogen-bond donors (Lipinski definition) is 1. The molecule has 0 atom stereocenters. The molecule has 0 amide bonds. The molecule has 4 nitrogen and oxygen atoms in total. The van der Waals surface area contributed by atoms with E-state index < -0.39 is 0 Å². The highest BCUT2D eigenvalue weighted by molar-refractivity contribution is 5.84. The Morgan fingerprint density at radius 3 is 2.90 bits per heavy atom. The summed E-state index contributed by atoms with van der Waals surface area (Å²) in [6.45, 7) is 1.75. The Balaban J connectivity index is 1.60. The van der Waals surface area contributed by atoms with Crippen LogP contribution in [0, 0.1) is 0 Å². The van der Waals surface area contributed by atoms with E-state index in [0.717, 1.165) is 25.2 Å². The van der Waals surface area contributed by atoms with Gasteiger partial charge in [-0.15, -0.1) is 0 Å². The smallest absolute Gasteiger partial charge is 0.0637 e. The first kappa shape index (κ1) is 12.8. The maximum atomic E-state index is 4.37. The molecular weight excluding hydrogens is 248 g/mol. The van der Waals surface area contributed by atoms with Gasteiger partial charge in [0.05, 0.1) is 5.69 Å². The molecule has 2 heterocycles. The van der Waals surface area contributed by atoms with Crippen LogP contribution in [0.25, 0.3) is 10.8 Å². The van der Waals surface area contributed by atoms with Crippen molar-refractivity contribution in [1.82, 2.24) is 20.1 Å². The van der Waals surface area contributed by atoms with E-state index in [2.05, 4.69) is 39.7 Å². The highest BCUT2D eigenvalue weighted by atomic mass is 15.2. The van der Waals surface area contributed by atoms with E-state index in [0.29, 0.717) is 0 Å². The molecule has 0 unspecified atom stereocenters. The van der Waals surface area contributed by atoms with E-state index in [1.54, 1.807) is 0 Å². The zero-order valence-corrected chi connectivity index (χ0v) is 11.6. The zero-order chi connectivity index (χ0) is 13.8. The monoisotopic (exact) mass is 266 g/mol. The maximum Gasteiger partial charge on any atom is 0.0637 e. The van der Waals surface area contributed by atoms with Gasteiger partial charge in [-0.1, -0.05) is 24.3 Å². The van der Waals surface area contributed by atoms with Gasteiger partial charge in [0.25, 0.3) is 0 Å². The fraction of sp³-hybridized carbons (Fsp3) is 0.250. The first-order chi connectivity index (χ1) is 9.83. The van der Waals surface area contributed by atoms with Gasteiger partial charge in [0.2, 0.25) is 0 Å². The average molecular weight is 266 g/mol. The van der Waals surface area contributed by atoms with Crippen LogP contribution in [0.3, 0.4) is 0 Å². The maximum absolute atomic E-state index is 4.37. The second-order valence-electron chi connectivity index (χ2n) is 4.93. The summed E-state index contributed by atoms with van der Waals surface area (Å²) in [6.07, 6.45) is 6.77. The minimum absolute atomic E-state index is 0.835. The molecule has 0 aliphatic rings. The van der Waals surface area contributed by atoms with Crippen molar-refractivity contribution in [3.63, 3.8) is 0 Å². The quantitative estimate of drug-likeness (QED) is 0.721. The fourth-order valence-corrected chi connectivity index (χ4v) is 2.36. The van der Waals surface area contributed by atoms with Crippen molar-refractivity contribution in [2.24, 2.45) is 7.05 Å². The number of nitrogens with one attached hydrogen (secondary N) is 1. The molecule has 0 spiro atoms. The van der Waals surface area contributed by atoms with E-state index in [1.165, 1.54) is 16.3 Å². The van der Waals surface area contributed by atoms with Crippen molar-refractivity contribution < 1.29 is 0 Å². The Labute approximate surface area is 118 Å². The second kappa shape index (κ2) is 5.84. The van der Waals surface area contributed by atoms with Gasteiger partial charge in [0.15, 0.2) is 0 Å². The topological polar surface area (TPSA) is 42.7 Å². The van der Waals surface area contributed by atoms with Crippen LogP contribution in [0.15, 0.2) is 48.9 Å². The Kier molecular flexibility index (Phi) is 3.74. The summed E-state index contributed by atoms with van der Waals surface area (Å²) >= 11 is 0. The van der Waals surface area contributed by atoms with E-state index >= 15 is 0 Å². The minimum Gasteiger partial charge on any atom is -0.312 e. The molecule has 0 radical (unpaired) electrons. The average Bonchev–Trinajstić information content (AvgIpc) is 2.89. The molecule has 1 aromatic carbocycles. The summed E-state index contributed by atoms with van der Waals surface area (Å²) in [5, 5.41) is 10.3. The van der Waals surface area contributed by atoms with Crippen molar-refractivity contribution in [2.75, 3.05) is 6.54 Å². The summed E-state index contributed by atoms with van der Waals surface area (Å²) in [7, 11) is 1.94. The molecule has 1 N–H and O–H groups in total. The summed E-state index contributed by atoms with van der Waals surface area (Å²) < 4.78 is 1.84. The van der Waals surface area contributed by atoms with Gasteiger partial charge in [-0.3, -0.25) is 9.67 Å². The Bertz CT molecular complexity index is 697. The number of aromatic nitrogens is 3. The molecule has 0 fully saturated rings. The highest BCUT2D eigenvalue weighted by Crippen LogP contribution is 2.16. The van der Waals surface area contributed by atoms with Gasteiger partial charge in [-0.05, 0) is 17.0 Å². The van der Waals surface area contributed by atoms with Gasteiger partial charge in [0, 0.05) is 50.5 Å². The largest absolute Gasteiger partial charge is 0.312 e. The van der Waals surface area contributed by atoms with Crippen LogP contribution >= 0.6 is 0 Å². The van der Waals surface area contributed by atoms with Gasteiger partial charge in [-0.2, -0.15) is 5.10 Å². The Morgan fingerprint density at radius 1 is 1.15 bits per heavy atom. The molecule has 0 saturated carbocycles. The lowest BCUT2D eigenvalue weighted by Gasteiger charge is -2.07. The summed E-state index contributed by atoms with van der Waals surface area (Å²) in [5.74, 6) is 0. The number of aryl methyl sites for hydroxylation is 1. The van der Waals surface area contributed by atoms with Crippen molar-refractivity contribution in [3.8, 4) is 0 Å². The van der Waals surface area contributed by atoms with E-state index in [9.17, 15) is 0 Å². The van der Waals surface area contributed by atoms with Crippen LogP contribution in [-0.4, -0.2) is 21.3 Å². The molecular formula is C16H18N4. The predicted octanol–water partition coefficient (Wildman–Crippen LogP) is 2.30. The number of nitrogens with zero attached hydrogens (tertiary/aromatic N) is 3. The van der Waals surface area contributed by atoms with Crippen molar-refractivity contribution in [1.29, 1.82) is 0 Å². The third kappa shape index (κ3) is 2.86. The number of hydrogen-bond acceptors (Lipinski definition) is 3. The van der Waals surface area contributed by atoms with Gasteiger partial charge in [-0.25, -0.2) is 0 Å². The molecule has 0 aliphatic heterocycles. The van der Waals surface area contributed by atoms with Crippen molar-refractivity contribution in [2.45, 2.75) is 13.0 Å². The van der Waals surface area contributed by atoms with E-state index in [-0.39, 0.29) is 0 Å². The summed E-state index contributed by atoms with van der Waals surface area (Å²) in [6, 6.07) is 10.4. The molecule has 0 saturated heterocycles. The number of rotatable bonds is 5. The highest BCUT2D eigenvalue weighted by Gasteiger charge is 2.01. The predicted molar refractivity (Wildman–Crippen MR) is 80.4 cm³/mol. The first-order valence-electron chi connectivity index (χ1n) is 6.84. The van der Waals surface area contributed by atoms with Crippen LogP contribution in [0.5, 0.6) is 0 Å². The Hall–Kier alpha value is -2.20. The SMILES string of the molecule is Cn1ccc(CCNCc2cncc3ccccc23)n1. The van der Waals surface area contributed by atoms with Gasteiger partial charge in [0.1, 0.15) is 0 Å². The lowest BCUT2D eigenvalue weighted by atomic mass is 10.1. The van der Waals surface area contributed by atoms with Gasteiger partial charge >= 0.3 is 0 Å². The van der Waals surface area contributed by atoms with E-state index in [4.69, 9.17) is 0 Å². The van der Waals surface area contributed by atoms with E-state index in [1.807, 2.05) is 36.4 Å². The molecule has 20 heavy (non-hydrogen) atoms. The molecule has 4 heteroatoms. The minimum atomic E-state index is 0.835.